The minimum Gasteiger partial charge on any atom is -0.493 e. The second kappa shape index (κ2) is 17.3. The predicted octanol–water partition coefficient (Wildman–Crippen LogP) is 1.31. The maximum Gasteiger partial charge on any atom is 0.525 e. The fourth-order valence-corrected chi connectivity index (χ4v) is 3.49. The van der Waals surface area contributed by atoms with Crippen LogP contribution in [0.2, 0.25) is 0 Å². The summed E-state index contributed by atoms with van der Waals surface area (Å²) in [7, 11) is -4.79. The molecule has 0 aromatic heterocycles. The van der Waals surface area contributed by atoms with Crippen LogP contribution in [0.25, 0.3) is 12.2 Å². The molecule has 36 heavy (non-hydrogen) atoms. The Labute approximate surface area is 256 Å². The van der Waals surface area contributed by atoms with Crippen molar-refractivity contribution in [2.45, 2.75) is 0 Å². The molecule has 0 spiro atoms. The van der Waals surface area contributed by atoms with Crippen LogP contribution in [0.5, 0.6) is 34.5 Å². The van der Waals surface area contributed by atoms with Gasteiger partial charge < -0.3 is 28.0 Å². The van der Waals surface area contributed by atoms with Gasteiger partial charge in [-0.1, -0.05) is 12.2 Å². The van der Waals surface area contributed by atoms with Gasteiger partial charge in [0.25, 0.3) is 0 Å². The van der Waals surface area contributed by atoms with Gasteiger partial charge in [0.1, 0.15) is 0 Å². The fourth-order valence-electron chi connectivity index (χ4n) is 2.65. The second-order valence-corrected chi connectivity index (χ2v) is 8.30. The molecule has 12 nitrogen and oxygen atoms in total. The first-order chi connectivity index (χ1) is 14.9. The third-order valence-electron chi connectivity index (χ3n) is 3.89. The smallest absolute Gasteiger partial charge is 0.493 e. The zero-order chi connectivity index (χ0) is 24.1. The zero-order valence-corrected chi connectivity index (χ0v) is 23.2. The third-order valence-corrected chi connectivity index (χ3v) is 4.73. The van der Waals surface area contributed by atoms with E-state index >= 15 is 0 Å². The standard InChI is InChI=1S/C18H22O12P2.4Li/c1-25-13-8-7-12(16(29-31(19,20)21)18(13)30-32(22,23)24)6-5-11-9-14(26-2)17(28-4)15(10-11)27-3;;;;/h5-10H,1-4H3,(H2,19,20,21)(H2,22,23,24);;;;/b6-5-;;;;. The Bertz CT molecular complexity index is 1080. The summed E-state index contributed by atoms with van der Waals surface area (Å²) in [6, 6.07) is 5.85. The Morgan fingerprint density at radius 3 is 1.44 bits per heavy atom. The maximum atomic E-state index is 11.5. The van der Waals surface area contributed by atoms with Gasteiger partial charge in [-0.15, -0.1) is 0 Å². The average Bonchev–Trinajstić information content (AvgIpc) is 2.71. The number of benzene rings is 2. The predicted molar refractivity (Wildman–Crippen MR) is 136 cm³/mol. The molecule has 0 heterocycles. The molecule has 0 aliphatic rings. The molecule has 0 atom stereocenters. The topological polar surface area (TPSA) is 170 Å². The van der Waals surface area contributed by atoms with Crippen LogP contribution in [0.4, 0.5) is 0 Å². The van der Waals surface area contributed by atoms with Crippen molar-refractivity contribution in [1.82, 2.24) is 0 Å². The van der Waals surface area contributed by atoms with E-state index in [1.807, 2.05) is 0 Å². The van der Waals surface area contributed by atoms with E-state index in [9.17, 15) is 28.7 Å². The molecule has 4 N–H and O–H groups in total. The summed E-state index contributed by atoms with van der Waals surface area (Å²) in [6.07, 6.45) is 2.89. The van der Waals surface area contributed by atoms with E-state index in [2.05, 4.69) is 9.05 Å². The van der Waals surface area contributed by atoms with Gasteiger partial charge in [0.15, 0.2) is 23.0 Å². The second-order valence-electron chi connectivity index (χ2n) is 5.97. The Hall–Kier alpha value is -0.330. The van der Waals surface area contributed by atoms with E-state index < -0.39 is 27.1 Å². The number of phosphoric acid groups is 2. The Morgan fingerprint density at radius 1 is 0.611 bits per heavy atom. The van der Waals surface area contributed by atoms with Crippen LogP contribution < -0.4 is 28.0 Å². The van der Waals surface area contributed by atoms with E-state index in [0.717, 1.165) is 0 Å². The largest absolute Gasteiger partial charge is 0.525 e. The van der Waals surface area contributed by atoms with Crippen LogP contribution in [0.3, 0.4) is 0 Å². The fraction of sp³-hybridized carbons (Fsp3) is 0.222. The van der Waals surface area contributed by atoms with Crippen molar-refractivity contribution in [3.63, 3.8) is 0 Å². The third kappa shape index (κ3) is 11.6. The normalized spacial score (nSPS) is 10.6. The summed E-state index contributed by atoms with van der Waals surface area (Å²) < 4.78 is 52.9. The Balaban J connectivity index is -0.00000272. The Kier molecular flexibility index (Phi) is 19.3. The van der Waals surface area contributed by atoms with E-state index in [1.165, 1.54) is 52.7 Å². The van der Waals surface area contributed by atoms with Crippen molar-refractivity contribution in [2.75, 3.05) is 28.4 Å². The van der Waals surface area contributed by atoms with Gasteiger partial charge in [0.05, 0.1) is 28.4 Å². The van der Waals surface area contributed by atoms with Gasteiger partial charge in [0.2, 0.25) is 11.5 Å². The van der Waals surface area contributed by atoms with Gasteiger partial charge in [-0.05, 0) is 29.8 Å². The quantitative estimate of drug-likeness (QED) is 0.202. The first kappa shape index (κ1) is 40.2. The van der Waals surface area contributed by atoms with E-state index in [4.69, 9.17) is 18.9 Å². The zero-order valence-electron chi connectivity index (χ0n) is 21.4. The summed E-state index contributed by atoms with van der Waals surface area (Å²) in [5.74, 6) is -0.459. The minimum atomic E-state index is -5.15. The maximum absolute atomic E-state index is 11.5. The van der Waals surface area contributed by atoms with Gasteiger partial charge in [-0.25, -0.2) is 9.13 Å². The van der Waals surface area contributed by atoms with Crippen LogP contribution in [-0.2, 0) is 9.13 Å². The molecule has 0 saturated heterocycles. The summed E-state index contributed by atoms with van der Waals surface area (Å²) in [5, 5.41) is 0. The number of rotatable bonds is 10. The van der Waals surface area contributed by atoms with Gasteiger partial charge >= 0.3 is 15.6 Å². The van der Waals surface area contributed by atoms with E-state index in [0.29, 0.717) is 22.8 Å². The molecule has 0 fully saturated rings. The van der Waals surface area contributed by atoms with Crippen LogP contribution >= 0.6 is 15.6 Å². The summed E-state index contributed by atoms with van der Waals surface area (Å²) in [5.41, 5.74) is 0.557. The van der Waals surface area contributed by atoms with Crippen molar-refractivity contribution in [3.8, 4) is 34.5 Å². The Morgan fingerprint density at radius 2 is 1.06 bits per heavy atom. The van der Waals surface area contributed by atoms with Crippen LogP contribution in [-0.4, -0.2) is 123 Å². The average molecular weight is 520 g/mol. The molecular weight excluding hydrogens is 498 g/mol. The molecule has 2 aromatic rings. The van der Waals surface area contributed by atoms with Crippen LogP contribution in [0.1, 0.15) is 11.1 Å². The van der Waals surface area contributed by atoms with E-state index in [-0.39, 0.29) is 86.8 Å². The molecule has 0 amide bonds. The minimum absolute atomic E-state index is 0. The SMILES string of the molecule is COc1cc(/C=C\c2ccc(OC)c(OP(=O)(O)O)c2OP(=O)(O)O)cc(OC)c1OC.[Li].[Li].[Li].[Li]. The number of ether oxygens (including phenoxy) is 4. The first-order valence-electron chi connectivity index (χ1n) is 8.61. The number of hydrogen-bond acceptors (Lipinski definition) is 8. The van der Waals surface area contributed by atoms with E-state index in [1.54, 1.807) is 12.1 Å². The van der Waals surface area contributed by atoms with Crippen molar-refractivity contribution >= 4 is 103 Å². The summed E-state index contributed by atoms with van der Waals surface area (Å²) in [6.45, 7) is 0. The van der Waals surface area contributed by atoms with Crippen molar-refractivity contribution < 1.29 is 56.7 Å². The van der Waals surface area contributed by atoms with Gasteiger partial charge in [-0.2, -0.15) is 0 Å². The molecular formula is C18H22Li4O12P2. The number of methoxy groups -OCH3 is 4. The van der Waals surface area contributed by atoms with Gasteiger partial charge in [0, 0.05) is 81.0 Å². The molecule has 2 aromatic carbocycles. The van der Waals surface area contributed by atoms with Crippen LogP contribution in [0.15, 0.2) is 24.3 Å². The van der Waals surface area contributed by atoms with Gasteiger partial charge in [-0.3, -0.25) is 19.6 Å². The van der Waals surface area contributed by atoms with Crippen LogP contribution in [0, 0.1) is 0 Å². The van der Waals surface area contributed by atoms with Crippen molar-refractivity contribution in [2.24, 2.45) is 0 Å². The molecule has 2 rings (SSSR count). The molecule has 0 aliphatic carbocycles. The molecule has 18 heteroatoms. The molecule has 0 aliphatic heterocycles. The molecule has 4 radical (unpaired) electrons. The summed E-state index contributed by atoms with van der Waals surface area (Å²) >= 11 is 0. The number of phosphoric ester groups is 2. The van der Waals surface area contributed by atoms with Crippen molar-refractivity contribution in [3.05, 3.63) is 35.4 Å². The monoisotopic (exact) mass is 520 g/mol. The molecule has 0 unspecified atom stereocenters. The summed E-state index contributed by atoms with van der Waals surface area (Å²) in [4.78, 5) is 37.0. The molecule has 180 valence electrons. The van der Waals surface area contributed by atoms with Crippen molar-refractivity contribution in [1.29, 1.82) is 0 Å². The molecule has 0 saturated carbocycles. The first-order valence-corrected chi connectivity index (χ1v) is 11.7. The molecule has 0 bridgehead atoms. The number of hydrogen-bond donors (Lipinski definition) is 4.